The first kappa shape index (κ1) is 22.0. The molecule has 0 saturated heterocycles. The van der Waals surface area contributed by atoms with E-state index >= 15 is 0 Å². The zero-order chi connectivity index (χ0) is 23.8. The standard InChI is InChI=1S/C29H32N4O2/c1-35-24-18-9-8-16-22(24)27-31-33-26(28(34)30-21-14-6-3-7-15-21)25(20-12-4-2-5-13-20)23-17-10-11-19-32(27)29(23)33/h2,4-5,8-9,12-13,16,18,21H,3,6-7,10-11,14-15,17,19H2,1H3,(H,30,34). The molecule has 0 unspecified atom stereocenters. The Hall–Kier alpha value is -3.54. The van der Waals surface area contributed by atoms with Crippen LogP contribution >= 0.6 is 0 Å². The summed E-state index contributed by atoms with van der Waals surface area (Å²) >= 11 is 0. The molecule has 1 aliphatic carbocycles. The Morgan fingerprint density at radius 1 is 0.971 bits per heavy atom. The Kier molecular flexibility index (Phi) is 5.80. The van der Waals surface area contributed by atoms with E-state index in [1.165, 1.54) is 24.8 Å². The molecule has 35 heavy (non-hydrogen) atoms. The van der Waals surface area contributed by atoms with Gasteiger partial charge in [0, 0.05) is 23.7 Å². The fourth-order valence-electron chi connectivity index (χ4n) is 5.89. The lowest BCUT2D eigenvalue weighted by molar-refractivity contribution is 0.0921. The van der Waals surface area contributed by atoms with Gasteiger partial charge in [-0.25, -0.2) is 4.52 Å². The van der Waals surface area contributed by atoms with Crippen molar-refractivity contribution < 1.29 is 9.53 Å². The Bertz CT molecular complexity index is 1360. The maximum atomic E-state index is 13.9. The highest BCUT2D eigenvalue weighted by Gasteiger charge is 2.32. The predicted molar refractivity (Wildman–Crippen MR) is 138 cm³/mol. The SMILES string of the molecule is COc1ccccc1-c1nn2c(C(=O)NC3CCCCC3)c(-c3ccccc3)c3c2n1CCCC3. The number of carbonyl (C=O) groups is 1. The average Bonchev–Trinajstić information content (AvgIpc) is 3.32. The van der Waals surface area contributed by atoms with Crippen LogP contribution in [0.5, 0.6) is 5.75 Å². The molecule has 6 nitrogen and oxygen atoms in total. The van der Waals surface area contributed by atoms with E-state index in [0.29, 0.717) is 5.69 Å². The number of carbonyl (C=O) groups excluding carboxylic acids is 1. The number of methoxy groups -OCH3 is 1. The van der Waals surface area contributed by atoms with E-state index < -0.39 is 0 Å². The molecule has 1 fully saturated rings. The van der Waals surface area contributed by atoms with E-state index in [1.54, 1.807) is 7.11 Å². The molecular weight excluding hydrogens is 436 g/mol. The number of para-hydroxylation sites is 1. The largest absolute Gasteiger partial charge is 0.496 e. The highest BCUT2D eigenvalue weighted by Crippen LogP contribution is 2.39. The first-order valence-electron chi connectivity index (χ1n) is 12.9. The number of nitrogens with one attached hydrogen (secondary N) is 1. The molecule has 3 heterocycles. The zero-order valence-corrected chi connectivity index (χ0v) is 20.3. The van der Waals surface area contributed by atoms with Crippen molar-refractivity contribution in [3.63, 3.8) is 0 Å². The average molecular weight is 469 g/mol. The molecule has 2 aromatic carbocycles. The third-order valence-corrected chi connectivity index (χ3v) is 7.55. The number of rotatable bonds is 5. The third kappa shape index (κ3) is 3.81. The maximum absolute atomic E-state index is 13.9. The summed E-state index contributed by atoms with van der Waals surface area (Å²) < 4.78 is 9.90. The van der Waals surface area contributed by atoms with Gasteiger partial charge >= 0.3 is 0 Å². The Balaban J connectivity index is 1.59. The molecule has 6 rings (SSSR count). The van der Waals surface area contributed by atoms with Gasteiger partial charge in [-0.2, -0.15) is 0 Å². The topological polar surface area (TPSA) is 60.6 Å². The molecule has 0 spiro atoms. The fraction of sp³-hybridized carbons (Fsp3) is 0.379. The first-order valence-corrected chi connectivity index (χ1v) is 12.9. The number of ether oxygens (including phenoxy) is 1. The van der Waals surface area contributed by atoms with Gasteiger partial charge in [0.1, 0.15) is 17.1 Å². The summed E-state index contributed by atoms with van der Waals surface area (Å²) in [5.74, 6) is 1.63. The molecule has 2 aromatic heterocycles. The summed E-state index contributed by atoms with van der Waals surface area (Å²) in [5.41, 5.74) is 5.97. The van der Waals surface area contributed by atoms with Crippen LogP contribution in [-0.4, -0.2) is 33.2 Å². The Labute approximate surface area is 205 Å². The second kappa shape index (κ2) is 9.25. The van der Waals surface area contributed by atoms with Gasteiger partial charge < -0.3 is 14.6 Å². The van der Waals surface area contributed by atoms with E-state index in [9.17, 15) is 4.79 Å². The van der Waals surface area contributed by atoms with Crippen LogP contribution in [0, 0.1) is 0 Å². The summed E-state index contributed by atoms with van der Waals surface area (Å²) in [6.45, 7) is 0.867. The minimum absolute atomic E-state index is 0.0196. The molecular formula is C29H32N4O2. The van der Waals surface area contributed by atoms with E-state index in [1.807, 2.05) is 40.9 Å². The Morgan fingerprint density at radius 3 is 2.54 bits per heavy atom. The van der Waals surface area contributed by atoms with Crippen LogP contribution in [0.15, 0.2) is 54.6 Å². The normalized spacial score (nSPS) is 16.3. The van der Waals surface area contributed by atoms with Crippen LogP contribution in [0.3, 0.4) is 0 Å². The lowest BCUT2D eigenvalue weighted by Gasteiger charge is -2.23. The predicted octanol–water partition coefficient (Wildman–Crippen LogP) is 5.88. The molecule has 1 N–H and O–H groups in total. The summed E-state index contributed by atoms with van der Waals surface area (Å²) in [6, 6.07) is 18.6. The number of benzene rings is 2. The molecule has 1 saturated carbocycles. The zero-order valence-electron chi connectivity index (χ0n) is 20.3. The van der Waals surface area contributed by atoms with Crippen LogP contribution < -0.4 is 10.1 Å². The van der Waals surface area contributed by atoms with Crippen molar-refractivity contribution in [3.8, 4) is 28.3 Å². The molecule has 0 bridgehead atoms. The second-order valence-electron chi connectivity index (χ2n) is 9.74. The van der Waals surface area contributed by atoms with Gasteiger partial charge in [0.2, 0.25) is 0 Å². The highest BCUT2D eigenvalue weighted by atomic mass is 16.5. The van der Waals surface area contributed by atoms with Gasteiger partial charge in [-0.15, -0.1) is 5.10 Å². The summed E-state index contributed by atoms with van der Waals surface area (Å²) in [6.07, 6.45) is 8.80. The van der Waals surface area contributed by atoms with E-state index in [0.717, 1.165) is 72.6 Å². The first-order chi connectivity index (χ1) is 17.3. The van der Waals surface area contributed by atoms with Gasteiger partial charge in [0.25, 0.3) is 5.91 Å². The smallest absolute Gasteiger partial charge is 0.270 e. The van der Waals surface area contributed by atoms with E-state index in [2.05, 4.69) is 28.1 Å². The number of aromatic nitrogens is 3. The van der Waals surface area contributed by atoms with Crippen molar-refractivity contribution in [2.24, 2.45) is 0 Å². The van der Waals surface area contributed by atoms with Gasteiger partial charge in [-0.1, -0.05) is 61.7 Å². The molecule has 4 aromatic rings. The van der Waals surface area contributed by atoms with Crippen LogP contribution in [0.2, 0.25) is 0 Å². The number of amides is 1. The molecule has 0 radical (unpaired) electrons. The molecule has 6 heteroatoms. The van der Waals surface area contributed by atoms with Gasteiger partial charge in [-0.3, -0.25) is 4.79 Å². The second-order valence-corrected chi connectivity index (χ2v) is 9.74. The van der Waals surface area contributed by atoms with Crippen molar-refractivity contribution >= 4 is 11.6 Å². The highest BCUT2D eigenvalue weighted by molar-refractivity contribution is 6.03. The number of hydrogen-bond donors (Lipinski definition) is 1. The third-order valence-electron chi connectivity index (χ3n) is 7.55. The van der Waals surface area contributed by atoms with Crippen LogP contribution in [0.25, 0.3) is 28.2 Å². The van der Waals surface area contributed by atoms with E-state index in [4.69, 9.17) is 9.84 Å². The minimum Gasteiger partial charge on any atom is -0.496 e. The minimum atomic E-state index is -0.0196. The molecule has 0 atom stereocenters. The fourth-order valence-corrected chi connectivity index (χ4v) is 5.89. The quantitative estimate of drug-likeness (QED) is 0.398. The van der Waals surface area contributed by atoms with Crippen LogP contribution in [0.4, 0.5) is 0 Å². The van der Waals surface area contributed by atoms with Crippen molar-refractivity contribution in [1.82, 2.24) is 19.5 Å². The van der Waals surface area contributed by atoms with Gasteiger partial charge in [-0.05, 0) is 49.8 Å². The van der Waals surface area contributed by atoms with Crippen molar-refractivity contribution in [2.45, 2.75) is 64.0 Å². The monoisotopic (exact) mass is 468 g/mol. The van der Waals surface area contributed by atoms with Crippen molar-refractivity contribution in [2.75, 3.05) is 7.11 Å². The van der Waals surface area contributed by atoms with Crippen LogP contribution in [0.1, 0.15) is 61.0 Å². The lowest BCUT2D eigenvalue weighted by atomic mass is 9.94. The number of nitrogens with zero attached hydrogens (tertiary/aromatic N) is 3. The van der Waals surface area contributed by atoms with Gasteiger partial charge in [0.15, 0.2) is 5.82 Å². The maximum Gasteiger partial charge on any atom is 0.270 e. The lowest BCUT2D eigenvalue weighted by Crippen LogP contribution is -2.37. The molecule has 1 amide bonds. The summed E-state index contributed by atoms with van der Waals surface area (Å²) in [7, 11) is 1.69. The number of hydrogen-bond acceptors (Lipinski definition) is 3. The summed E-state index contributed by atoms with van der Waals surface area (Å²) in [4.78, 5) is 13.9. The van der Waals surface area contributed by atoms with Crippen molar-refractivity contribution in [3.05, 3.63) is 65.9 Å². The van der Waals surface area contributed by atoms with Crippen molar-refractivity contribution in [1.29, 1.82) is 0 Å². The van der Waals surface area contributed by atoms with E-state index in [-0.39, 0.29) is 11.9 Å². The Morgan fingerprint density at radius 2 is 1.74 bits per heavy atom. The summed E-state index contributed by atoms with van der Waals surface area (Å²) in [5, 5.41) is 8.47. The molecule has 1 aliphatic heterocycles. The molecule has 2 aliphatic rings. The van der Waals surface area contributed by atoms with Crippen LogP contribution in [-0.2, 0) is 13.0 Å². The number of aryl methyl sites for hydroxylation is 2. The van der Waals surface area contributed by atoms with Gasteiger partial charge in [0.05, 0.1) is 12.7 Å². The molecule has 180 valence electrons.